The van der Waals surface area contributed by atoms with Crippen molar-refractivity contribution in [2.24, 2.45) is 0 Å². The van der Waals surface area contributed by atoms with E-state index in [-0.39, 0.29) is 29.7 Å². The van der Waals surface area contributed by atoms with E-state index in [0.717, 1.165) is 15.6 Å². The van der Waals surface area contributed by atoms with Crippen LogP contribution < -0.4 is 4.90 Å². The lowest BCUT2D eigenvalue weighted by atomic mass is 10.2. The van der Waals surface area contributed by atoms with Crippen molar-refractivity contribution in [2.75, 3.05) is 37.6 Å². The fourth-order valence-corrected chi connectivity index (χ4v) is 5.68. The molecule has 0 saturated carbocycles. The van der Waals surface area contributed by atoms with Crippen molar-refractivity contribution < 1.29 is 17.6 Å². The molecule has 6 nitrogen and oxygen atoms in total. The SMILES string of the molecule is Cc1ccc(S(=O)(=O)N(CC(=O)N2CCN(c3ccccc3F)CC2)Cc2ccc(Br)cc2)cc1. The summed E-state index contributed by atoms with van der Waals surface area (Å²) < 4.78 is 43.3. The van der Waals surface area contributed by atoms with Crippen LogP contribution in [0.4, 0.5) is 10.1 Å². The van der Waals surface area contributed by atoms with E-state index in [1.54, 1.807) is 47.4 Å². The number of hydrogen-bond acceptors (Lipinski definition) is 4. The van der Waals surface area contributed by atoms with E-state index in [9.17, 15) is 17.6 Å². The number of carbonyl (C=O) groups is 1. The van der Waals surface area contributed by atoms with Crippen LogP contribution in [0.25, 0.3) is 0 Å². The Hall–Kier alpha value is -2.75. The summed E-state index contributed by atoms with van der Waals surface area (Å²) in [4.78, 5) is 16.9. The van der Waals surface area contributed by atoms with Crippen LogP contribution in [0.3, 0.4) is 0 Å². The molecule has 0 atom stereocenters. The van der Waals surface area contributed by atoms with Gasteiger partial charge in [-0.05, 0) is 48.9 Å². The topological polar surface area (TPSA) is 60.9 Å². The maximum atomic E-state index is 14.2. The Bertz CT molecular complexity index is 1280. The first kappa shape index (κ1) is 25.3. The lowest BCUT2D eigenvalue weighted by Gasteiger charge is -2.37. The average Bonchev–Trinajstić information content (AvgIpc) is 2.85. The Morgan fingerprint density at radius 2 is 1.57 bits per heavy atom. The second-order valence-corrected chi connectivity index (χ2v) is 11.4. The number of anilines is 1. The van der Waals surface area contributed by atoms with Crippen molar-refractivity contribution in [1.29, 1.82) is 0 Å². The third-order valence-corrected chi connectivity index (χ3v) is 8.40. The van der Waals surface area contributed by atoms with E-state index in [1.807, 2.05) is 36.1 Å². The molecule has 0 N–H and O–H groups in total. The van der Waals surface area contributed by atoms with Gasteiger partial charge in [-0.3, -0.25) is 4.79 Å². The average molecular weight is 560 g/mol. The molecular weight excluding hydrogens is 533 g/mol. The molecule has 1 fully saturated rings. The van der Waals surface area contributed by atoms with Gasteiger partial charge in [0.2, 0.25) is 15.9 Å². The van der Waals surface area contributed by atoms with Crippen LogP contribution in [0.5, 0.6) is 0 Å². The fraction of sp³-hybridized carbons (Fsp3) is 0.269. The van der Waals surface area contributed by atoms with Crippen molar-refractivity contribution in [2.45, 2.75) is 18.4 Å². The van der Waals surface area contributed by atoms with Gasteiger partial charge in [0, 0.05) is 37.2 Å². The zero-order valence-corrected chi connectivity index (χ0v) is 21.8. The molecule has 1 heterocycles. The number of aryl methyl sites for hydroxylation is 1. The van der Waals surface area contributed by atoms with Crippen LogP contribution in [0, 0.1) is 12.7 Å². The normalized spacial score (nSPS) is 14.4. The predicted molar refractivity (Wildman–Crippen MR) is 138 cm³/mol. The molecule has 4 rings (SSSR count). The Morgan fingerprint density at radius 3 is 2.20 bits per heavy atom. The Morgan fingerprint density at radius 1 is 0.943 bits per heavy atom. The standard InChI is InChI=1S/C26H27BrFN3O3S/c1-20-6-12-23(13-7-20)35(33,34)31(18-21-8-10-22(27)11-9-21)19-26(32)30-16-14-29(15-17-30)25-5-3-2-4-24(25)28/h2-13H,14-19H2,1H3. The quantitative estimate of drug-likeness (QED) is 0.429. The molecule has 1 amide bonds. The van der Waals surface area contributed by atoms with Crippen molar-refractivity contribution in [3.8, 4) is 0 Å². The minimum Gasteiger partial charge on any atom is -0.366 e. The van der Waals surface area contributed by atoms with E-state index in [4.69, 9.17) is 0 Å². The second-order valence-electron chi connectivity index (χ2n) is 8.53. The molecule has 0 aromatic heterocycles. The Labute approximate surface area is 214 Å². The van der Waals surface area contributed by atoms with Crippen molar-refractivity contribution in [1.82, 2.24) is 9.21 Å². The fourth-order valence-electron chi connectivity index (χ4n) is 4.03. The summed E-state index contributed by atoms with van der Waals surface area (Å²) in [6.07, 6.45) is 0. The number of halogens is 2. The number of nitrogens with zero attached hydrogens (tertiary/aromatic N) is 3. The maximum absolute atomic E-state index is 14.2. The number of benzene rings is 3. The third-order valence-electron chi connectivity index (χ3n) is 6.07. The van der Waals surface area contributed by atoms with Gasteiger partial charge in [-0.2, -0.15) is 4.31 Å². The van der Waals surface area contributed by atoms with Crippen molar-refractivity contribution in [3.63, 3.8) is 0 Å². The molecule has 1 saturated heterocycles. The summed E-state index contributed by atoms with van der Waals surface area (Å²) in [7, 11) is -3.91. The highest BCUT2D eigenvalue weighted by molar-refractivity contribution is 9.10. The summed E-state index contributed by atoms with van der Waals surface area (Å²) >= 11 is 3.39. The molecule has 0 bridgehead atoms. The van der Waals surface area contributed by atoms with Gasteiger partial charge in [0.1, 0.15) is 5.82 Å². The van der Waals surface area contributed by atoms with Gasteiger partial charge >= 0.3 is 0 Å². The minimum atomic E-state index is -3.91. The molecule has 0 radical (unpaired) electrons. The second kappa shape index (κ2) is 10.9. The van der Waals surface area contributed by atoms with Gasteiger partial charge in [-0.15, -0.1) is 0 Å². The number of hydrogen-bond donors (Lipinski definition) is 0. The molecule has 9 heteroatoms. The van der Waals surface area contributed by atoms with Crippen LogP contribution in [0.2, 0.25) is 0 Å². The van der Waals surface area contributed by atoms with Crippen molar-refractivity contribution >= 4 is 37.5 Å². The van der Waals surface area contributed by atoms with Gasteiger partial charge < -0.3 is 9.80 Å². The first-order valence-electron chi connectivity index (χ1n) is 11.3. The Kier molecular flexibility index (Phi) is 7.88. The molecule has 35 heavy (non-hydrogen) atoms. The highest BCUT2D eigenvalue weighted by Crippen LogP contribution is 2.22. The molecular formula is C26H27BrFN3O3S. The summed E-state index contributed by atoms with van der Waals surface area (Å²) in [6.45, 7) is 3.43. The first-order chi connectivity index (χ1) is 16.7. The number of amides is 1. The number of carbonyl (C=O) groups excluding carboxylic acids is 1. The monoisotopic (exact) mass is 559 g/mol. The lowest BCUT2D eigenvalue weighted by Crippen LogP contribution is -2.52. The maximum Gasteiger partial charge on any atom is 0.243 e. The van der Waals surface area contributed by atoms with E-state index >= 15 is 0 Å². The zero-order valence-electron chi connectivity index (χ0n) is 19.4. The summed E-state index contributed by atoms with van der Waals surface area (Å²) in [5.74, 6) is -0.567. The smallest absolute Gasteiger partial charge is 0.243 e. The summed E-state index contributed by atoms with van der Waals surface area (Å²) in [5.41, 5.74) is 2.24. The van der Waals surface area contributed by atoms with Crippen LogP contribution in [0.1, 0.15) is 11.1 Å². The van der Waals surface area contributed by atoms with Gasteiger partial charge in [0.05, 0.1) is 17.1 Å². The van der Waals surface area contributed by atoms with Crippen LogP contribution in [-0.4, -0.2) is 56.3 Å². The van der Waals surface area contributed by atoms with Gasteiger partial charge in [-0.1, -0.05) is 57.9 Å². The zero-order chi connectivity index (χ0) is 25.0. The highest BCUT2D eigenvalue weighted by atomic mass is 79.9. The van der Waals surface area contributed by atoms with E-state index < -0.39 is 10.0 Å². The van der Waals surface area contributed by atoms with Crippen LogP contribution in [0.15, 0.2) is 82.2 Å². The summed E-state index contributed by atoms with van der Waals surface area (Å²) in [6, 6.07) is 20.5. The van der Waals surface area contributed by atoms with E-state index in [1.165, 1.54) is 10.4 Å². The number of piperazine rings is 1. The lowest BCUT2D eigenvalue weighted by molar-refractivity contribution is -0.131. The first-order valence-corrected chi connectivity index (χ1v) is 13.6. The van der Waals surface area contributed by atoms with Gasteiger partial charge in [0.15, 0.2) is 0 Å². The molecule has 3 aromatic rings. The molecule has 1 aliphatic rings. The van der Waals surface area contributed by atoms with E-state index in [0.29, 0.717) is 31.9 Å². The summed E-state index contributed by atoms with van der Waals surface area (Å²) in [5, 5.41) is 0. The molecule has 184 valence electrons. The molecule has 3 aromatic carbocycles. The number of para-hydroxylation sites is 1. The van der Waals surface area contributed by atoms with Crippen LogP contribution in [-0.2, 0) is 21.4 Å². The van der Waals surface area contributed by atoms with Crippen LogP contribution >= 0.6 is 15.9 Å². The largest absolute Gasteiger partial charge is 0.366 e. The molecule has 0 unspecified atom stereocenters. The number of rotatable bonds is 7. The van der Waals surface area contributed by atoms with E-state index in [2.05, 4.69) is 15.9 Å². The van der Waals surface area contributed by atoms with Gasteiger partial charge in [0.25, 0.3) is 0 Å². The minimum absolute atomic E-state index is 0.0738. The number of sulfonamides is 1. The van der Waals surface area contributed by atoms with Crippen molar-refractivity contribution in [3.05, 3.63) is 94.2 Å². The molecule has 1 aliphatic heterocycles. The molecule has 0 spiro atoms. The molecule has 0 aliphatic carbocycles. The third kappa shape index (κ3) is 6.09. The predicted octanol–water partition coefficient (Wildman–Crippen LogP) is 4.44. The van der Waals surface area contributed by atoms with Gasteiger partial charge in [-0.25, -0.2) is 12.8 Å². The highest BCUT2D eigenvalue weighted by Gasteiger charge is 2.30. The Balaban J connectivity index is 1.50.